The molecule has 0 saturated heterocycles. The molecule has 1 aliphatic heterocycles. The van der Waals surface area contributed by atoms with Crippen LogP contribution in [-0.2, 0) is 13.0 Å². The lowest BCUT2D eigenvalue weighted by Gasteiger charge is -2.05. The first kappa shape index (κ1) is 7.74. The first-order chi connectivity index (χ1) is 5.88. The van der Waals surface area contributed by atoms with Crippen molar-refractivity contribution in [1.82, 2.24) is 5.32 Å². The molecule has 0 fully saturated rings. The molecular weight excluding hydrogens is 153 g/mol. The van der Waals surface area contributed by atoms with Gasteiger partial charge in [-0.1, -0.05) is 12.1 Å². The third-order valence-corrected chi connectivity index (χ3v) is 2.32. The normalized spacial score (nSPS) is 16.8. The summed E-state index contributed by atoms with van der Waals surface area (Å²) in [6, 6.07) is 5.34. The molecule has 0 bridgehead atoms. The highest BCUT2D eigenvalue weighted by molar-refractivity contribution is 5.29. The number of rotatable bonds is 0. The van der Waals surface area contributed by atoms with Crippen LogP contribution in [0.15, 0.2) is 18.2 Å². The predicted octanol–water partition coefficient (Wildman–Crippen LogP) is 1.86. The van der Waals surface area contributed by atoms with Gasteiger partial charge in [0.15, 0.2) is 0 Å². The number of benzene rings is 1. The van der Waals surface area contributed by atoms with Gasteiger partial charge in [0, 0.05) is 12.1 Å². The Morgan fingerprint density at radius 2 is 2.25 bits per heavy atom. The molecule has 0 atom stereocenters. The highest BCUT2D eigenvalue weighted by Crippen LogP contribution is 2.16. The maximum absolute atomic E-state index is 13.2. The molecule has 0 aromatic heterocycles. The predicted molar refractivity (Wildman–Crippen MR) is 46.4 cm³/mol. The van der Waals surface area contributed by atoms with Crippen LogP contribution < -0.4 is 5.32 Å². The molecule has 1 nitrogen and oxygen atoms in total. The lowest BCUT2D eigenvalue weighted by Crippen LogP contribution is -2.12. The SMILES string of the molecule is Fc1cccc2c1CNCCC2. The number of fused-ring (bicyclic) bond motifs is 1. The summed E-state index contributed by atoms with van der Waals surface area (Å²) in [6.45, 7) is 1.68. The van der Waals surface area contributed by atoms with Gasteiger partial charge in [-0.15, -0.1) is 0 Å². The van der Waals surface area contributed by atoms with Crippen molar-refractivity contribution in [1.29, 1.82) is 0 Å². The molecule has 1 N–H and O–H groups in total. The molecule has 2 heteroatoms. The van der Waals surface area contributed by atoms with Gasteiger partial charge in [-0.3, -0.25) is 0 Å². The van der Waals surface area contributed by atoms with E-state index in [0.717, 1.165) is 24.9 Å². The Kier molecular flexibility index (Phi) is 2.09. The molecular formula is C10H12FN. The van der Waals surface area contributed by atoms with E-state index >= 15 is 0 Å². The van der Waals surface area contributed by atoms with Crippen LogP contribution in [0.2, 0.25) is 0 Å². The molecule has 1 aromatic carbocycles. The lowest BCUT2D eigenvalue weighted by molar-refractivity contribution is 0.594. The molecule has 12 heavy (non-hydrogen) atoms. The van der Waals surface area contributed by atoms with E-state index in [2.05, 4.69) is 5.32 Å². The van der Waals surface area contributed by atoms with Gasteiger partial charge in [0.05, 0.1) is 0 Å². The highest BCUT2D eigenvalue weighted by Gasteiger charge is 2.10. The molecule has 2 rings (SSSR count). The zero-order valence-electron chi connectivity index (χ0n) is 6.94. The fourth-order valence-electron chi connectivity index (χ4n) is 1.65. The Bertz CT molecular complexity index is 283. The molecule has 0 radical (unpaired) electrons. The van der Waals surface area contributed by atoms with Gasteiger partial charge in [-0.25, -0.2) is 4.39 Å². The van der Waals surface area contributed by atoms with Crippen molar-refractivity contribution in [3.05, 3.63) is 35.1 Å². The molecule has 1 aliphatic rings. The minimum Gasteiger partial charge on any atom is -0.313 e. The summed E-state index contributed by atoms with van der Waals surface area (Å²) in [4.78, 5) is 0. The first-order valence-corrected chi connectivity index (χ1v) is 4.35. The van der Waals surface area contributed by atoms with Gasteiger partial charge in [0.2, 0.25) is 0 Å². The zero-order valence-corrected chi connectivity index (χ0v) is 6.94. The van der Waals surface area contributed by atoms with Crippen molar-refractivity contribution < 1.29 is 4.39 Å². The largest absolute Gasteiger partial charge is 0.313 e. The van der Waals surface area contributed by atoms with Crippen LogP contribution in [0, 0.1) is 5.82 Å². The summed E-state index contributed by atoms with van der Waals surface area (Å²) < 4.78 is 13.2. The highest BCUT2D eigenvalue weighted by atomic mass is 19.1. The van der Waals surface area contributed by atoms with Crippen molar-refractivity contribution in [3.8, 4) is 0 Å². The monoisotopic (exact) mass is 165 g/mol. The van der Waals surface area contributed by atoms with Gasteiger partial charge < -0.3 is 5.32 Å². The summed E-state index contributed by atoms with van der Waals surface area (Å²) in [5.74, 6) is -0.0677. The Morgan fingerprint density at radius 1 is 1.33 bits per heavy atom. The minimum absolute atomic E-state index is 0.0677. The Morgan fingerprint density at radius 3 is 3.17 bits per heavy atom. The smallest absolute Gasteiger partial charge is 0.127 e. The van der Waals surface area contributed by atoms with E-state index in [1.165, 1.54) is 11.6 Å². The van der Waals surface area contributed by atoms with Crippen LogP contribution >= 0.6 is 0 Å². The molecule has 0 unspecified atom stereocenters. The van der Waals surface area contributed by atoms with Gasteiger partial charge in [-0.2, -0.15) is 0 Å². The van der Waals surface area contributed by atoms with Gasteiger partial charge in [0.1, 0.15) is 5.82 Å². The summed E-state index contributed by atoms with van der Waals surface area (Å²) in [5, 5.41) is 3.20. The minimum atomic E-state index is -0.0677. The number of nitrogens with one attached hydrogen (secondary N) is 1. The molecule has 0 spiro atoms. The Labute approximate surface area is 71.6 Å². The van der Waals surface area contributed by atoms with E-state index in [1.807, 2.05) is 6.07 Å². The number of aryl methyl sites for hydroxylation is 1. The summed E-state index contributed by atoms with van der Waals surface area (Å²) in [6.07, 6.45) is 2.11. The fraction of sp³-hybridized carbons (Fsp3) is 0.400. The second-order valence-corrected chi connectivity index (χ2v) is 3.16. The molecule has 64 valence electrons. The van der Waals surface area contributed by atoms with Crippen molar-refractivity contribution in [2.24, 2.45) is 0 Å². The standard InChI is InChI=1S/C10H12FN/c11-10-5-1-3-8-4-2-6-12-7-9(8)10/h1,3,5,12H,2,4,6-7H2. The Balaban J connectivity index is 2.42. The molecule has 1 heterocycles. The van der Waals surface area contributed by atoms with Crippen molar-refractivity contribution >= 4 is 0 Å². The summed E-state index contributed by atoms with van der Waals surface area (Å²) in [5.41, 5.74) is 2.02. The lowest BCUT2D eigenvalue weighted by atomic mass is 10.0. The second-order valence-electron chi connectivity index (χ2n) is 3.16. The summed E-state index contributed by atoms with van der Waals surface area (Å²) in [7, 11) is 0. The Hall–Kier alpha value is -0.890. The third-order valence-electron chi connectivity index (χ3n) is 2.32. The average molecular weight is 165 g/mol. The zero-order chi connectivity index (χ0) is 8.39. The second kappa shape index (κ2) is 3.23. The van der Waals surface area contributed by atoms with Gasteiger partial charge >= 0.3 is 0 Å². The topological polar surface area (TPSA) is 12.0 Å². The molecule has 0 amide bonds. The van der Waals surface area contributed by atoms with E-state index in [-0.39, 0.29) is 5.82 Å². The number of hydrogen-bond acceptors (Lipinski definition) is 1. The first-order valence-electron chi connectivity index (χ1n) is 4.35. The van der Waals surface area contributed by atoms with Crippen molar-refractivity contribution in [3.63, 3.8) is 0 Å². The third kappa shape index (κ3) is 1.34. The summed E-state index contributed by atoms with van der Waals surface area (Å²) >= 11 is 0. The van der Waals surface area contributed by atoms with Crippen molar-refractivity contribution in [2.75, 3.05) is 6.54 Å². The van der Waals surface area contributed by atoms with Gasteiger partial charge in [-0.05, 0) is 31.0 Å². The number of hydrogen-bond donors (Lipinski definition) is 1. The van der Waals surface area contributed by atoms with Crippen LogP contribution in [0.25, 0.3) is 0 Å². The van der Waals surface area contributed by atoms with Crippen LogP contribution in [0.3, 0.4) is 0 Å². The maximum Gasteiger partial charge on any atom is 0.127 e. The van der Waals surface area contributed by atoms with E-state index in [4.69, 9.17) is 0 Å². The van der Waals surface area contributed by atoms with E-state index in [1.54, 1.807) is 6.07 Å². The van der Waals surface area contributed by atoms with E-state index in [9.17, 15) is 4.39 Å². The van der Waals surface area contributed by atoms with Gasteiger partial charge in [0.25, 0.3) is 0 Å². The van der Waals surface area contributed by atoms with Crippen LogP contribution in [0.4, 0.5) is 4.39 Å². The van der Waals surface area contributed by atoms with E-state index < -0.39 is 0 Å². The van der Waals surface area contributed by atoms with Crippen molar-refractivity contribution in [2.45, 2.75) is 19.4 Å². The fourth-order valence-corrected chi connectivity index (χ4v) is 1.65. The van der Waals surface area contributed by atoms with Crippen LogP contribution in [0.1, 0.15) is 17.5 Å². The number of halogens is 1. The molecule has 1 aromatic rings. The molecule has 0 saturated carbocycles. The van der Waals surface area contributed by atoms with Crippen LogP contribution in [0.5, 0.6) is 0 Å². The molecule has 0 aliphatic carbocycles. The van der Waals surface area contributed by atoms with Crippen LogP contribution in [-0.4, -0.2) is 6.54 Å². The quantitative estimate of drug-likeness (QED) is 0.618. The average Bonchev–Trinajstić information content (AvgIpc) is 2.30. The van der Waals surface area contributed by atoms with E-state index in [0.29, 0.717) is 6.54 Å². The maximum atomic E-state index is 13.2.